The molecule has 0 aliphatic rings. The maximum Gasteiger partial charge on any atom is 0.339 e. The second-order valence-corrected chi connectivity index (χ2v) is 5.69. The first-order chi connectivity index (χ1) is 11.2. The molecule has 0 aliphatic heterocycles. The highest BCUT2D eigenvalue weighted by atomic mass is 16.5. The van der Waals surface area contributed by atoms with Crippen molar-refractivity contribution in [3.8, 4) is 5.75 Å². The van der Waals surface area contributed by atoms with Crippen molar-refractivity contribution >= 4 is 22.8 Å². The van der Waals surface area contributed by atoms with Crippen LogP contribution in [0, 0.1) is 20.8 Å². The molecule has 0 saturated carbocycles. The van der Waals surface area contributed by atoms with Crippen molar-refractivity contribution in [2.45, 2.75) is 33.7 Å². The number of aliphatic carboxylic acids is 1. The van der Waals surface area contributed by atoms with Gasteiger partial charge in [0.15, 0.2) is 6.61 Å². The van der Waals surface area contributed by atoms with Gasteiger partial charge in [0.2, 0.25) is 0 Å². The van der Waals surface area contributed by atoms with Crippen molar-refractivity contribution in [2.75, 3.05) is 6.61 Å². The molecule has 128 valence electrons. The minimum atomic E-state index is -1.13. The van der Waals surface area contributed by atoms with Crippen LogP contribution in [-0.2, 0) is 9.59 Å². The van der Waals surface area contributed by atoms with Gasteiger partial charge in [-0.1, -0.05) is 0 Å². The van der Waals surface area contributed by atoms with E-state index in [2.05, 4.69) is 5.32 Å². The Bertz CT molecular complexity index is 867. The molecule has 0 saturated heterocycles. The number of fused-ring (bicyclic) bond motifs is 1. The van der Waals surface area contributed by atoms with E-state index >= 15 is 0 Å². The topological polar surface area (TPSA) is 106 Å². The maximum atomic E-state index is 11.8. The van der Waals surface area contributed by atoms with Crippen LogP contribution in [0.25, 0.3) is 11.0 Å². The number of ether oxygens (including phenoxy) is 1. The Hall–Kier alpha value is -2.83. The summed E-state index contributed by atoms with van der Waals surface area (Å²) in [5, 5.41) is 11.7. The molecule has 2 N–H and O–H groups in total. The fourth-order valence-electron chi connectivity index (χ4n) is 2.29. The Labute approximate surface area is 138 Å². The van der Waals surface area contributed by atoms with Crippen LogP contribution < -0.4 is 15.7 Å². The largest absolute Gasteiger partial charge is 0.483 e. The second kappa shape index (κ2) is 6.74. The zero-order chi connectivity index (χ0) is 18.0. The molecular weight excluding hydrogens is 314 g/mol. The smallest absolute Gasteiger partial charge is 0.339 e. The van der Waals surface area contributed by atoms with E-state index in [0.717, 1.165) is 11.1 Å². The fourth-order valence-corrected chi connectivity index (χ4v) is 2.29. The lowest BCUT2D eigenvalue weighted by molar-refractivity contribution is -0.141. The number of hydrogen-bond donors (Lipinski definition) is 2. The SMILES string of the molecule is Cc1cc(OCC(=O)N[C@H](C)C(=O)O)c2c(C)c(C)c(=O)oc2c1. The van der Waals surface area contributed by atoms with Crippen LogP contribution in [0.1, 0.15) is 23.6 Å². The average molecular weight is 333 g/mol. The quantitative estimate of drug-likeness (QED) is 0.807. The number of benzene rings is 1. The summed E-state index contributed by atoms with van der Waals surface area (Å²) >= 11 is 0. The number of nitrogens with one attached hydrogen (secondary N) is 1. The minimum absolute atomic E-state index is 0.339. The first-order valence-corrected chi connectivity index (χ1v) is 7.40. The van der Waals surface area contributed by atoms with Crippen LogP contribution in [0.2, 0.25) is 0 Å². The van der Waals surface area contributed by atoms with Gasteiger partial charge in [-0.25, -0.2) is 4.79 Å². The summed E-state index contributed by atoms with van der Waals surface area (Å²) in [6.45, 7) is 6.28. The molecule has 1 aromatic heterocycles. The number of hydrogen-bond acceptors (Lipinski definition) is 5. The molecule has 1 amide bonds. The van der Waals surface area contributed by atoms with Gasteiger partial charge >= 0.3 is 11.6 Å². The lowest BCUT2D eigenvalue weighted by Gasteiger charge is -2.14. The molecule has 0 aliphatic carbocycles. The van der Waals surface area contributed by atoms with E-state index in [9.17, 15) is 14.4 Å². The molecule has 0 fully saturated rings. The van der Waals surface area contributed by atoms with Crippen molar-refractivity contribution < 1.29 is 23.8 Å². The maximum absolute atomic E-state index is 11.8. The molecule has 24 heavy (non-hydrogen) atoms. The van der Waals surface area contributed by atoms with Crippen LogP contribution >= 0.6 is 0 Å². The predicted molar refractivity (Wildman–Crippen MR) is 87.4 cm³/mol. The van der Waals surface area contributed by atoms with Gasteiger partial charge in [-0.05, 0) is 51.0 Å². The lowest BCUT2D eigenvalue weighted by atomic mass is 10.0. The van der Waals surface area contributed by atoms with E-state index in [-0.39, 0.29) is 6.61 Å². The molecular formula is C17H19NO6. The first kappa shape index (κ1) is 17.5. The number of carbonyl (C=O) groups excluding carboxylic acids is 1. The predicted octanol–water partition coefficient (Wildman–Crippen LogP) is 1.69. The molecule has 2 rings (SSSR count). The van der Waals surface area contributed by atoms with Crippen LogP contribution in [0.15, 0.2) is 21.3 Å². The van der Waals surface area contributed by atoms with E-state index < -0.39 is 23.5 Å². The van der Waals surface area contributed by atoms with Crippen molar-refractivity contribution in [3.05, 3.63) is 39.2 Å². The lowest BCUT2D eigenvalue weighted by Crippen LogP contribution is -2.40. The van der Waals surface area contributed by atoms with Crippen LogP contribution in [0.5, 0.6) is 5.75 Å². The molecule has 7 nitrogen and oxygen atoms in total. The summed E-state index contributed by atoms with van der Waals surface area (Å²) in [6.07, 6.45) is 0. The summed E-state index contributed by atoms with van der Waals surface area (Å²) in [5.41, 5.74) is 1.97. The van der Waals surface area contributed by atoms with E-state index in [4.69, 9.17) is 14.3 Å². The highest BCUT2D eigenvalue weighted by Crippen LogP contribution is 2.30. The van der Waals surface area contributed by atoms with Gasteiger partial charge in [-0.15, -0.1) is 0 Å². The van der Waals surface area contributed by atoms with Gasteiger partial charge < -0.3 is 19.6 Å². The number of carboxylic acids is 1. The summed E-state index contributed by atoms with van der Waals surface area (Å²) in [6, 6.07) is 2.46. The summed E-state index contributed by atoms with van der Waals surface area (Å²) in [4.78, 5) is 34.3. The average Bonchev–Trinajstić information content (AvgIpc) is 2.49. The van der Waals surface area contributed by atoms with E-state index in [1.165, 1.54) is 6.92 Å². The Balaban J connectivity index is 2.32. The molecule has 1 heterocycles. The Morgan fingerprint density at radius 1 is 1.25 bits per heavy atom. The van der Waals surface area contributed by atoms with Gasteiger partial charge in [0, 0.05) is 5.56 Å². The normalized spacial score (nSPS) is 12.0. The fraction of sp³-hybridized carbons (Fsp3) is 0.353. The number of rotatable bonds is 5. The van der Waals surface area contributed by atoms with Crippen molar-refractivity contribution in [3.63, 3.8) is 0 Å². The summed E-state index contributed by atoms with van der Waals surface area (Å²) < 4.78 is 10.8. The molecule has 1 aromatic carbocycles. The van der Waals surface area contributed by atoms with Crippen LogP contribution in [0.3, 0.4) is 0 Å². The minimum Gasteiger partial charge on any atom is -0.483 e. The van der Waals surface area contributed by atoms with Crippen LogP contribution in [-0.4, -0.2) is 29.6 Å². The van der Waals surface area contributed by atoms with E-state index in [0.29, 0.717) is 22.3 Å². The number of amides is 1. The number of aryl methyl sites for hydroxylation is 2. The molecule has 2 aromatic rings. The van der Waals surface area contributed by atoms with Gasteiger partial charge in [0.1, 0.15) is 17.4 Å². The van der Waals surface area contributed by atoms with Gasteiger partial charge in [-0.2, -0.15) is 0 Å². The number of carbonyl (C=O) groups is 2. The van der Waals surface area contributed by atoms with Crippen LogP contribution in [0.4, 0.5) is 0 Å². The highest BCUT2D eigenvalue weighted by molar-refractivity contribution is 5.89. The zero-order valence-corrected chi connectivity index (χ0v) is 13.9. The molecule has 0 unspecified atom stereocenters. The molecule has 0 bridgehead atoms. The highest BCUT2D eigenvalue weighted by Gasteiger charge is 2.17. The van der Waals surface area contributed by atoms with E-state index in [1.54, 1.807) is 26.0 Å². The standard InChI is InChI=1S/C17H19NO6/c1-8-5-12(23-7-14(19)18-11(4)16(20)21)15-9(2)10(3)17(22)24-13(15)6-8/h5-6,11H,7H2,1-4H3,(H,18,19)(H,20,21)/t11-/m1/s1. The second-order valence-electron chi connectivity index (χ2n) is 5.69. The molecule has 0 spiro atoms. The van der Waals surface area contributed by atoms with Crippen molar-refractivity contribution in [2.24, 2.45) is 0 Å². The molecule has 1 atom stereocenters. The summed E-state index contributed by atoms with van der Waals surface area (Å²) in [5.74, 6) is -1.27. The van der Waals surface area contributed by atoms with Gasteiger partial charge in [0.25, 0.3) is 5.91 Å². The molecule has 7 heteroatoms. The van der Waals surface area contributed by atoms with Gasteiger partial charge in [0.05, 0.1) is 5.39 Å². The summed E-state index contributed by atoms with van der Waals surface area (Å²) in [7, 11) is 0. The number of carboxylic acid groups (broad SMARTS) is 1. The third kappa shape index (κ3) is 3.56. The third-order valence-corrected chi connectivity index (χ3v) is 3.76. The molecule has 0 radical (unpaired) electrons. The monoisotopic (exact) mass is 333 g/mol. The Morgan fingerprint density at radius 3 is 2.54 bits per heavy atom. The Morgan fingerprint density at radius 2 is 1.92 bits per heavy atom. The van der Waals surface area contributed by atoms with Crippen molar-refractivity contribution in [1.82, 2.24) is 5.32 Å². The third-order valence-electron chi connectivity index (χ3n) is 3.76. The van der Waals surface area contributed by atoms with E-state index in [1.807, 2.05) is 6.92 Å². The van der Waals surface area contributed by atoms with Crippen molar-refractivity contribution in [1.29, 1.82) is 0 Å². The zero-order valence-electron chi connectivity index (χ0n) is 13.9. The first-order valence-electron chi connectivity index (χ1n) is 7.40. The Kier molecular flexibility index (Phi) is 4.92. The van der Waals surface area contributed by atoms with Gasteiger partial charge in [-0.3, -0.25) is 9.59 Å².